The number of hydrogen-bond acceptors (Lipinski definition) is 2. The summed E-state index contributed by atoms with van der Waals surface area (Å²) in [5.74, 6) is -0.856. The van der Waals surface area contributed by atoms with Crippen molar-refractivity contribution in [1.29, 1.82) is 0 Å². The molecule has 1 N–H and O–H groups in total. The summed E-state index contributed by atoms with van der Waals surface area (Å²) < 4.78 is 0. The van der Waals surface area contributed by atoms with Crippen LogP contribution in [0, 0.1) is 13.8 Å². The van der Waals surface area contributed by atoms with Crippen molar-refractivity contribution in [2.75, 3.05) is 0 Å². The first-order valence-electron chi connectivity index (χ1n) is 7.16. The molecule has 0 amide bonds. The van der Waals surface area contributed by atoms with Gasteiger partial charge in [0.1, 0.15) is 0 Å². The van der Waals surface area contributed by atoms with Crippen LogP contribution in [0.2, 0.25) is 0 Å². The lowest BCUT2D eigenvalue weighted by Gasteiger charge is -2.15. The van der Waals surface area contributed by atoms with Gasteiger partial charge in [-0.1, -0.05) is 24.3 Å². The fourth-order valence-corrected chi connectivity index (χ4v) is 2.87. The van der Waals surface area contributed by atoms with Crippen LogP contribution in [0.3, 0.4) is 0 Å². The van der Waals surface area contributed by atoms with Crippen molar-refractivity contribution in [3.63, 3.8) is 0 Å². The average Bonchev–Trinajstić information content (AvgIpc) is 2.84. The van der Waals surface area contributed by atoms with E-state index in [0.29, 0.717) is 5.56 Å². The molecule has 0 unspecified atom stereocenters. The predicted octanol–water partition coefficient (Wildman–Crippen LogP) is 3.52. The van der Waals surface area contributed by atoms with Gasteiger partial charge in [-0.2, -0.15) is 0 Å². The number of aryl methyl sites for hydroxylation is 2. The third-order valence-electron chi connectivity index (χ3n) is 4.22. The number of benzene rings is 2. The van der Waals surface area contributed by atoms with Gasteiger partial charge >= 0.3 is 5.97 Å². The maximum absolute atomic E-state index is 11.0. The van der Waals surface area contributed by atoms with Gasteiger partial charge < -0.3 is 5.11 Å². The Morgan fingerprint density at radius 3 is 2.52 bits per heavy atom. The Balaban J connectivity index is 1.75. The molecule has 2 aromatic carbocycles. The van der Waals surface area contributed by atoms with E-state index in [2.05, 4.69) is 36.9 Å². The average molecular weight is 281 g/mol. The number of fused-ring (bicyclic) bond motifs is 1. The monoisotopic (exact) mass is 281 g/mol. The van der Waals surface area contributed by atoms with Gasteiger partial charge in [0.25, 0.3) is 0 Å². The molecule has 0 aliphatic carbocycles. The molecule has 0 bridgehead atoms. The van der Waals surface area contributed by atoms with Crippen molar-refractivity contribution < 1.29 is 9.90 Å². The normalized spacial score (nSPS) is 14.2. The first-order chi connectivity index (χ1) is 10.0. The summed E-state index contributed by atoms with van der Waals surface area (Å²) in [5, 5.41) is 9.06. The van der Waals surface area contributed by atoms with Gasteiger partial charge in [-0.25, -0.2) is 4.79 Å². The van der Waals surface area contributed by atoms with Crippen molar-refractivity contribution in [3.05, 3.63) is 69.8 Å². The smallest absolute Gasteiger partial charge is 0.335 e. The minimum absolute atomic E-state index is 0.377. The third-order valence-corrected chi connectivity index (χ3v) is 4.22. The van der Waals surface area contributed by atoms with Crippen LogP contribution in [0.25, 0.3) is 0 Å². The maximum atomic E-state index is 11.0. The van der Waals surface area contributed by atoms with Gasteiger partial charge in [-0.3, -0.25) is 4.90 Å². The molecular formula is C18H19NO2. The Hall–Kier alpha value is -2.13. The summed E-state index contributed by atoms with van der Waals surface area (Å²) in [6.45, 7) is 6.87. The van der Waals surface area contributed by atoms with Gasteiger partial charge in [-0.15, -0.1) is 0 Å². The highest BCUT2D eigenvalue weighted by Crippen LogP contribution is 2.25. The van der Waals surface area contributed by atoms with Gasteiger partial charge in [0.15, 0.2) is 0 Å². The summed E-state index contributed by atoms with van der Waals surface area (Å²) in [6, 6.07) is 12.0. The topological polar surface area (TPSA) is 40.5 Å². The fourth-order valence-electron chi connectivity index (χ4n) is 2.87. The second-order valence-electron chi connectivity index (χ2n) is 5.85. The summed E-state index contributed by atoms with van der Waals surface area (Å²) in [7, 11) is 0. The summed E-state index contributed by atoms with van der Waals surface area (Å²) in [4.78, 5) is 13.4. The van der Waals surface area contributed by atoms with Crippen molar-refractivity contribution in [1.82, 2.24) is 4.90 Å². The molecule has 1 aliphatic heterocycles. The van der Waals surface area contributed by atoms with Crippen molar-refractivity contribution in [2.24, 2.45) is 0 Å². The van der Waals surface area contributed by atoms with Crippen LogP contribution in [-0.4, -0.2) is 16.0 Å². The molecule has 3 nitrogen and oxygen atoms in total. The lowest BCUT2D eigenvalue weighted by Crippen LogP contribution is -2.15. The van der Waals surface area contributed by atoms with E-state index < -0.39 is 5.97 Å². The number of aromatic carboxylic acids is 1. The summed E-state index contributed by atoms with van der Waals surface area (Å²) in [5.41, 5.74) is 6.70. The Morgan fingerprint density at radius 2 is 1.81 bits per heavy atom. The molecule has 3 heteroatoms. The van der Waals surface area contributed by atoms with E-state index in [9.17, 15) is 4.79 Å². The predicted molar refractivity (Wildman–Crippen MR) is 82.3 cm³/mol. The molecule has 0 radical (unpaired) electrons. The quantitative estimate of drug-likeness (QED) is 0.935. The fraction of sp³-hybridized carbons (Fsp3) is 0.278. The zero-order chi connectivity index (χ0) is 15.0. The molecule has 0 atom stereocenters. The van der Waals surface area contributed by atoms with Crippen LogP contribution in [0.4, 0.5) is 0 Å². The van der Waals surface area contributed by atoms with Crippen LogP contribution >= 0.6 is 0 Å². The number of hydrogen-bond donors (Lipinski definition) is 1. The van der Waals surface area contributed by atoms with Crippen LogP contribution < -0.4 is 0 Å². The highest BCUT2D eigenvalue weighted by molar-refractivity contribution is 5.87. The molecule has 21 heavy (non-hydrogen) atoms. The van der Waals surface area contributed by atoms with E-state index in [1.165, 1.54) is 22.3 Å². The first-order valence-corrected chi connectivity index (χ1v) is 7.16. The highest BCUT2D eigenvalue weighted by Gasteiger charge is 2.20. The Morgan fingerprint density at radius 1 is 1.05 bits per heavy atom. The third kappa shape index (κ3) is 2.83. The molecule has 0 saturated carbocycles. The second-order valence-corrected chi connectivity index (χ2v) is 5.85. The van der Waals surface area contributed by atoms with Gasteiger partial charge in [-0.05, 0) is 53.8 Å². The van der Waals surface area contributed by atoms with Crippen molar-refractivity contribution in [3.8, 4) is 0 Å². The standard InChI is InChI=1S/C18H19NO2/c1-12-3-4-14(7-13(12)2)9-19-10-16-6-5-15(18(20)21)8-17(16)11-19/h3-8H,9-11H2,1-2H3,(H,20,21). The lowest BCUT2D eigenvalue weighted by molar-refractivity contribution is 0.0696. The SMILES string of the molecule is Cc1ccc(CN2Cc3ccc(C(=O)O)cc3C2)cc1C. The zero-order valence-corrected chi connectivity index (χ0v) is 12.4. The number of carbonyl (C=O) groups is 1. The molecule has 0 spiro atoms. The zero-order valence-electron chi connectivity index (χ0n) is 12.4. The molecule has 0 aromatic heterocycles. The van der Waals surface area contributed by atoms with Gasteiger partial charge in [0, 0.05) is 19.6 Å². The van der Waals surface area contributed by atoms with E-state index in [1.54, 1.807) is 12.1 Å². The molecule has 3 rings (SSSR count). The summed E-state index contributed by atoms with van der Waals surface area (Å²) in [6.07, 6.45) is 0. The first kappa shape index (κ1) is 13.8. The highest BCUT2D eigenvalue weighted by atomic mass is 16.4. The van der Waals surface area contributed by atoms with Crippen LogP contribution in [0.15, 0.2) is 36.4 Å². The van der Waals surface area contributed by atoms with E-state index in [1.807, 2.05) is 6.07 Å². The summed E-state index contributed by atoms with van der Waals surface area (Å²) >= 11 is 0. The van der Waals surface area contributed by atoms with Crippen molar-refractivity contribution >= 4 is 5.97 Å². The van der Waals surface area contributed by atoms with E-state index in [-0.39, 0.29) is 0 Å². The van der Waals surface area contributed by atoms with Crippen LogP contribution in [0.5, 0.6) is 0 Å². The number of rotatable bonds is 3. The number of nitrogens with zero attached hydrogens (tertiary/aromatic N) is 1. The molecule has 108 valence electrons. The number of carboxylic acids is 1. The molecular weight excluding hydrogens is 262 g/mol. The minimum atomic E-state index is -0.856. The minimum Gasteiger partial charge on any atom is -0.478 e. The molecule has 0 saturated heterocycles. The Labute approximate surface area is 124 Å². The van der Waals surface area contributed by atoms with Gasteiger partial charge in [0.2, 0.25) is 0 Å². The van der Waals surface area contributed by atoms with Crippen LogP contribution in [-0.2, 0) is 19.6 Å². The van der Waals surface area contributed by atoms with Crippen molar-refractivity contribution in [2.45, 2.75) is 33.5 Å². The van der Waals surface area contributed by atoms with E-state index >= 15 is 0 Å². The largest absolute Gasteiger partial charge is 0.478 e. The maximum Gasteiger partial charge on any atom is 0.335 e. The molecule has 2 aromatic rings. The van der Waals surface area contributed by atoms with E-state index in [4.69, 9.17) is 5.11 Å². The Kier molecular flexibility index (Phi) is 3.52. The molecule has 1 aliphatic rings. The van der Waals surface area contributed by atoms with E-state index in [0.717, 1.165) is 25.2 Å². The van der Waals surface area contributed by atoms with Gasteiger partial charge in [0.05, 0.1) is 5.56 Å². The number of carboxylic acid groups (broad SMARTS) is 1. The molecule has 0 fully saturated rings. The second kappa shape index (κ2) is 5.34. The molecule has 1 heterocycles. The van der Waals surface area contributed by atoms with Crippen LogP contribution in [0.1, 0.15) is 38.2 Å². The lowest BCUT2D eigenvalue weighted by atomic mass is 10.1. The Bertz CT molecular complexity index is 706.